The van der Waals surface area contributed by atoms with Gasteiger partial charge in [-0.3, -0.25) is 4.98 Å². The smallest absolute Gasteiger partial charge is 0.117 e. The van der Waals surface area contributed by atoms with Gasteiger partial charge in [-0.05, 0) is 38.5 Å². The second-order valence-corrected chi connectivity index (χ2v) is 5.30. The van der Waals surface area contributed by atoms with Crippen LogP contribution < -0.4 is 4.90 Å². The zero-order chi connectivity index (χ0) is 14.1. The largest absolute Gasteiger partial charge is 0.508 e. The van der Waals surface area contributed by atoms with Crippen LogP contribution in [0.25, 0.3) is 10.9 Å². The third kappa shape index (κ3) is 3.22. The summed E-state index contributed by atoms with van der Waals surface area (Å²) in [6.07, 6.45) is 1.38. The molecule has 3 rings (SSSR count). The molecule has 1 fully saturated rings. The quantitative estimate of drug-likeness (QED) is 0.945. The number of hydrogen-bond donors (Lipinski definition) is 1. The molecule has 5 heteroatoms. The first-order chi connectivity index (χ1) is 9.67. The first-order valence-corrected chi connectivity index (χ1v) is 7.14. The third-order valence-corrected chi connectivity index (χ3v) is 3.79. The van der Waals surface area contributed by atoms with Crippen LogP contribution in [0.15, 0.2) is 24.3 Å². The minimum atomic E-state index is 0. The monoisotopic (exact) mass is 308 g/mol. The Morgan fingerprint density at radius 1 is 1.38 bits per heavy atom. The molecule has 1 atom stereocenters. The van der Waals surface area contributed by atoms with Gasteiger partial charge in [0, 0.05) is 42.5 Å². The number of nitrogens with zero attached hydrogens (tertiary/aromatic N) is 2. The van der Waals surface area contributed by atoms with Gasteiger partial charge < -0.3 is 14.7 Å². The van der Waals surface area contributed by atoms with Crippen molar-refractivity contribution in [3.05, 3.63) is 30.0 Å². The second-order valence-electron chi connectivity index (χ2n) is 5.30. The standard InChI is InChI=1S/C16H20N2O2.ClH/c1-3-20-13-6-7-18(10-13)16-8-11(2)17-15-9-12(19)4-5-14(15)16;/h4-5,8-9,13,19H,3,6-7,10H2,1-2H3;1H/t13-;/m0./s1. The normalized spacial score (nSPS) is 18.0. The van der Waals surface area contributed by atoms with Crippen molar-refractivity contribution in [1.82, 2.24) is 4.98 Å². The fourth-order valence-electron chi connectivity index (χ4n) is 2.91. The number of phenols is 1. The molecule has 2 heterocycles. The molecular weight excluding hydrogens is 288 g/mol. The van der Waals surface area contributed by atoms with Crippen molar-refractivity contribution in [2.45, 2.75) is 26.4 Å². The predicted molar refractivity (Wildman–Crippen MR) is 87.6 cm³/mol. The highest BCUT2D eigenvalue weighted by molar-refractivity contribution is 5.93. The molecule has 4 nitrogen and oxygen atoms in total. The van der Waals surface area contributed by atoms with Gasteiger partial charge in [0.25, 0.3) is 0 Å². The van der Waals surface area contributed by atoms with E-state index in [1.807, 2.05) is 19.9 Å². The summed E-state index contributed by atoms with van der Waals surface area (Å²) in [6.45, 7) is 6.72. The zero-order valence-corrected chi connectivity index (χ0v) is 13.2. The highest BCUT2D eigenvalue weighted by Crippen LogP contribution is 2.31. The van der Waals surface area contributed by atoms with Gasteiger partial charge in [-0.25, -0.2) is 0 Å². The molecule has 0 aliphatic carbocycles. The molecule has 1 aliphatic rings. The number of benzene rings is 1. The number of phenolic OH excluding ortho intramolecular Hbond substituents is 1. The van der Waals surface area contributed by atoms with Crippen LogP contribution in [0.2, 0.25) is 0 Å². The number of ether oxygens (including phenoxy) is 1. The Hall–Kier alpha value is -1.52. The molecule has 1 N–H and O–H groups in total. The lowest BCUT2D eigenvalue weighted by molar-refractivity contribution is 0.0788. The van der Waals surface area contributed by atoms with Crippen LogP contribution in [0.1, 0.15) is 19.0 Å². The minimum absolute atomic E-state index is 0. The maximum Gasteiger partial charge on any atom is 0.117 e. The Morgan fingerprint density at radius 3 is 2.95 bits per heavy atom. The van der Waals surface area contributed by atoms with Crippen LogP contribution in [0.3, 0.4) is 0 Å². The van der Waals surface area contributed by atoms with Gasteiger partial charge >= 0.3 is 0 Å². The van der Waals surface area contributed by atoms with Crippen LogP contribution in [0.4, 0.5) is 5.69 Å². The number of aromatic nitrogens is 1. The van der Waals surface area contributed by atoms with Gasteiger partial charge in [-0.15, -0.1) is 12.4 Å². The molecule has 0 spiro atoms. The van der Waals surface area contributed by atoms with E-state index >= 15 is 0 Å². The Labute approximate surface area is 131 Å². The molecule has 21 heavy (non-hydrogen) atoms. The van der Waals surface area contributed by atoms with Crippen molar-refractivity contribution >= 4 is 29.0 Å². The van der Waals surface area contributed by atoms with E-state index in [4.69, 9.17) is 4.74 Å². The number of aromatic hydroxyl groups is 1. The number of fused-ring (bicyclic) bond motifs is 1. The van der Waals surface area contributed by atoms with Gasteiger partial charge in [-0.2, -0.15) is 0 Å². The molecule has 0 unspecified atom stereocenters. The van der Waals surface area contributed by atoms with E-state index in [-0.39, 0.29) is 18.2 Å². The second kappa shape index (κ2) is 6.50. The third-order valence-electron chi connectivity index (χ3n) is 3.79. The molecule has 0 saturated carbocycles. The summed E-state index contributed by atoms with van der Waals surface area (Å²) in [6, 6.07) is 7.51. The molecule has 1 aliphatic heterocycles. The number of halogens is 1. The fourth-order valence-corrected chi connectivity index (χ4v) is 2.91. The Balaban J connectivity index is 0.00000161. The summed E-state index contributed by atoms with van der Waals surface area (Å²) < 4.78 is 5.72. The van der Waals surface area contributed by atoms with Crippen molar-refractivity contribution in [2.75, 3.05) is 24.6 Å². The van der Waals surface area contributed by atoms with E-state index < -0.39 is 0 Å². The predicted octanol–water partition coefficient (Wildman–Crippen LogP) is 3.29. The average molecular weight is 309 g/mol. The van der Waals surface area contributed by atoms with Crippen molar-refractivity contribution in [1.29, 1.82) is 0 Å². The molecule has 0 bridgehead atoms. The minimum Gasteiger partial charge on any atom is -0.508 e. The van der Waals surface area contributed by atoms with Gasteiger partial charge in [0.05, 0.1) is 11.6 Å². The molecule has 0 radical (unpaired) electrons. The van der Waals surface area contributed by atoms with Crippen molar-refractivity contribution in [3.63, 3.8) is 0 Å². The van der Waals surface area contributed by atoms with E-state index in [1.54, 1.807) is 12.1 Å². The average Bonchev–Trinajstić information content (AvgIpc) is 2.86. The van der Waals surface area contributed by atoms with Gasteiger partial charge in [0.1, 0.15) is 5.75 Å². The molecular formula is C16H21ClN2O2. The first-order valence-electron chi connectivity index (χ1n) is 7.14. The molecule has 114 valence electrons. The van der Waals surface area contributed by atoms with Gasteiger partial charge in [0.15, 0.2) is 0 Å². The van der Waals surface area contributed by atoms with Crippen LogP contribution in [0, 0.1) is 6.92 Å². The summed E-state index contributed by atoms with van der Waals surface area (Å²) in [5.74, 6) is 0.259. The maximum absolute atomic E-state index is 9.62. The fraction of sp³-hybridized carbons (Fsp3) is 0.438. The molecule has 0 amide bonds. The lowest BCUT2D eigenvalue weighted by Gasteiger charge is -2.21. The first kappa shape index (κ1) is 15.9. The molecule has 1 aromatic heterocycles. The maximum atomic E-state index is 9.62. The van der Waals surface area contributed by atoms with E-state index in [9.17, 15) is 5.11 Å². The van der Waals surface area contributed by atoms with Gasteiger partial charge in [-0.1, -0.05) is 0 Å². The topological polar surface area (TPSA) is 45.6 Å². The molecule has 1 saturated heterocycles. The summed E-state index contributed by atoms with van der Waals surface area (Å²) in [5.41, 5.74) is 3.01. The van der Waals surface area contributed by atoms with E-state index in [1.165, 1.54) is 5.69 Å². The van der Waals surface area contributed by atoms with Crippen molar-refractivity contribution < 1.29 is 9.84 Å². The van der Waals surface area contributed by atoms with Crippen LogP contribution in [-0.2, 0) is 4.74 Å². The number of anilines is 1. The number of hydrogen-bond acceptors (Lipinski definition) is 4. The molecule has 1 aromatic carbocycles. The van der Waals surface area contributed by atoms with E-state index in [2.05, 4.69) is 16.0 Å². The van der Waals surface area contributed by atoms with E-state index in [0.29, 0.717) is 6.10 Å². The Morgan fingerprint density at radius 2 is 2.19 bits per heavy atom. The highest BCUT2D eigenvalue weighted by Gasteiger charge is 2.24. The SMILES string of the molecule is CCO[C@H]1CCN(c2cc(C)nc3cc(O)ccc23)C1.Cl. The summed E-state index contributed by atoms with van der Waals surface area (Å²) in [7, 11) is 0. The van der Waals surface area contributed by atoms with E-state index in [0.717, 1.165) is 42.7 Å². The van der Waals surface area contributed by atoms with Crippen LogP contribution >= 0.6 is 12.4 Å². The summed E-state index contributed by atoms with van der Waals surface area (Å²) in [5, 5.41) is 10.7. The van der Waals surface area contributed by atoms with Crippen LogP contribution in [-0.4, -0.2) is 35.9 Å². The molecule has 2 aromatic rings. The zero-order valence-electron chi connectivity index (χ0n) is 12.4. The van der Waals surface area contributed by atoms with Gasteiger partial charge in [0.2, 0.25) is 0 Å². The lowest BCUT2D eigenvalue weighted by Crippen LogP contribution is -2.23. The number of rotatable bonds is 3. The lowest BCUT2D eigenvalue weighted by atomic mass is 10.1. The summed E-state index contributed by atoms with van der Waals surface area (Å²) in [4.78, 5) is 6.86. The Bertz CT molecular complexity index is 628. The Kier molecular flexibility index (Phi) is 4.91. The van der Waals surface area contributed by atoms with Crippen molar-refractivity contribution in [2.24, 2.45) is 0 Å². The highest BCUT2D eigenvalue weighted by atomic mass is 35.5. The summed E-state index contributed by atoms with van der Waals surface area (Å²) >= 11 is 0. The van der Waals surface area contributed by atoms with Crippen LogP contribution in [0.5, 0.6) is 5.75 Å². The van der Waals surface area contributed by atoms with Crippen molar-refractivity contribution in [3.8, 4) is 5.75 Å². The number of pyridine rings is 1. The number of aryl methyl sites for hydroxylation is 1.